The van der Waals surface area contributed by atoms with Crippen molar-refractivity contribution in [2.45, 2.75) is 0 Å². The summed E-state index contributed by atoms with van der Waals surface area (Å²) in [6, 6.07) is 14.4. The Morgan fingerprint density at radius 2 is 1.58 bits per heavy atom. The van der Waals surface area contributed by atoms with E-state index in [4.69, 9.17) is 23.2 Å². The van der Waals surface area contributed by atoms with Crippen molar-refractivity contribution in [3.05, 3.63) is 70.2 Å². The van der Waals surface area contributed by atoms with Crippen molar-refractivity contribution in [1.29, 1.82) is 0 Å². The third-order valence-electron chi connectivity index (χ3n) is 2.44. The Hall–Kier alpha value is -1.77. The Kier molecular flexibility index (Phi) is 4.61. The third-order valence-corrected chi connectivity index (χ3v) is 3.10. The van der Waals surface area contributed by atoms with E-state index in [1.54, 1.807) is 24.3 Å². The fourth-order valence-electron chi connectivity index (χ4n) is 1.53. The zero-order chi connectivity index (χ0) is 13.7. The van der Waals surface area contributed by atoms with Crippen LogP contribution in [0.4, 0.5) is 5.69 Å². The second-order valence-electron chi connectivity index (χ2n) is 3.82. The Morgan fingerprint density at radius 3 is 2.21 bits per heavy atom. The molecule has 0 aliphatic carbocycles. The van der Waals surface area contributed by atoms with Crippen LogP contribution in [-0.4, -0.2) is 5.91 Å². The predicted molar refractivity (Wildman–Crippen MR) is 80.6 cm³/mol. The number of halogens is 2. The van der Waals surface area contributed by atoms with Gasteiger partial charge in [0.25, 0.3) is 0 Å². The lowest BCUT2D eigenvalue weighted by atomic mass is 10.2. The first-order chi connectivity index (χ1) is 9.16. The Balaban J connectivity index is 2.09. The molecule has 1 amide bonds. The molecular weight excluding hydrogens is 281 g/mol. The molecule has 0 saturated carbocycles. The van der Waals surface area contributed by atoms with Crippen LogP contribution in [0.15, 0.2) is 54.6 Å². The first kappa shape index (κ1) is 13.7. The SMILES string of the molecule is O=C(C=Cc1c(Cl)cccc1Cl)Nc1ccccc1. The number of amides is 1. The quantitative estimate of drug-likeness (QED) is 0.820. The van der Waals surface area contributed by atoms with Crippen LogP contribution < -0.4 is 5.32 Å². The second kappa shape index (κ2) is 6.41. The molecule has 2 aromatic rings. The van der Waals surface area contributed by atoms with Gasteiger partial charge < -0.3 is 5.32 Å². The summed E-state index contributed by atoms with van der Waals surface area (Å²) < 4.78 is 0. The zero-order valence-corrected chi connectivity index (χ0v) is 11.4. The van der Waals surface area contributed by atoms with Crippen molar-refractivity contribution in [2.24, 2.45) is 0 Å². The Labute approximate surface area is 121 Å². The standard InChI is InChI=1S/C15H11Cl2NO/c16-13-7-4-8-14(17)12(13)9-10-15(19)18-11-5-2-1-3-6-11/h1-10H,(H,18,19). The minimum absolute atomic E-state index is 0.234. The van der Waals surface area contributed by atoms with Gasteiger partial charge in [0.15, 0.2) is 0 Å². The van der Waals surface area contributed by atoms with Gasteiger partial charge in [-0.15, -0.1) is 0 Å². The summed E-state index contributed by atoms with van der Waals surface area (Å²) in [4.78, 5) is 11.7. The molecule has 0 fully saturated rings. The van der Waals surface area contributed by atoms with Crippen LogP contribution in [-0.2, 0) is 4.79 Å². The van der Waals surface area contributed by atoms with Gasteiger partial charge in [-0.25, -0.2) is 0 Å². The fraction of sp³-hybridized carbons (Fsp3) is 0. The highest BCUT2D eigenvalue weighted by Crippen LogP contribution is 2.25. The maximum atomic E-state index is 11.7. The average molecular weight is 292 g/mol. The van der Waals surface area contributed by atoms with Crippen LogP contribution in [0.5, 0.6) is 0 Å². The summed E-state index contributed by atoms with van der Waals surface area (Å²) >= 11 is 12.0. The van der Waals surface area contributed by atoms with Crippen LogP contribution in [0.25, 0.3) is 6.08 Å². The van der Waals surface area contributed by atoms with E-state index in [2.05, 4.69) is 5.32 Å². The largest absolute Gasteiger partial charge is 0.323 e. The predicted octanol–water partition coefficient (Wildman–Crippen LogP) is 4.65. The maximum absolute atomic E-state index is 11.7. The number of nitrogens with one attached hydrogen (secondary N) is 1. The zero-order valence-electron chi connectivity index (χ0n) is 9.94. The Morgan fingerprint density at radius 1 is 0.947 bits per heavy atom. The summed E-state index contributed by atoms with van der Waals surface area (Å²) in [6.45, 7) is 0. The first-order valence-corrected chi connectivity index (χ1v) is 6.40. The van der Waals surface area contributed by atoms with E-state index >= 15 is 0 Å². The van der Waals surface area contributed by atoms with Crippen molar-refractivity contribution in [1.82, 2.24) is 0 Å². The lowest BCUT2D eigenvalue weighted by Crippen LogP contribution is -2.07. The number of carbonyl (C=O) groups excluding carboxylic acids is 1. The number of hydrogen-bond donors (Lipinski definition) is 1. The van der Waals surface area contributed by atoms with Gasteiger partial charge in [-0.1, -0.05) is 47.5 Å². The molecule has 0 aromatic heterocycles. The van der Waals surface area contributed by atoms with E-state index in [1.165, 1.54) is 6.08 Å². The molecule has 0 unspecified atom stereocenters. The normalized spacial score (nSPS) is 10.6. The van der Waals surface area contributed by atoms with E-state index < -0.39 is 0 Å². The molecule has 96 valence electrons. The van der Waals surface area contributed by atoms with Gasteiger partial charge in [0.05, 0.1) is 0 Å². The van der Waals surface area contributed by atoms with Crippen LogP contribution in [0.2, 0.25) is 10.0 Å². The van der Waals surface area contributed by atoms with Crippen LogP contribution in [0.3, 0.4) is 0 Å². The molecule has 0 atom stereocenters. The molecule has 4 heteroatoms. The van der Waals surface area contributed by atoms with E-state index in [1.807, 2.05) is 30.3 Å². The molecule has 0 spiro atoms. The summed E-state index contributed by atoms with van der Waals surface area (Å²) in [7, 11) is 0. The molecule has 0 heterocycles. The van der Waals surface area contributed by atoms with Gasteiger partial charge in [0.2, 0.25) is 5.91 Å². The topological polar surface area (TPSA) is 29.1 Å². The molecule has 1 N–H and O–H groups in total. The number of benzene rings is 2. The van der Waals surface area contributed by atoms with Gasteiger partial charge in [0.1, 0.15) is 0 Å². The summed E-state index contributed by atoms with van der Waals surface area (Å²) in [6.07, 6.45) is 3.00. The van der Waals surface area contributed by atoms with Crippen molar-refractivity contribution in [3.63, 3.8) is 0 Å². The molecule has 0 radical (unpaired) electrons. The van der Waals surface area contributed by atoms with Crippen molar-refractivity contribution in [2.75, 3.05) is 5.32 Å². The fourth-order valence-corrected chi connectivity index (χ4v) is 2.06. The highest BCUT2D eigenvalue weighted by atomic mass is 35.5. The van der Waals surface area contributed by atoms with Crippen molar-refractivity contribution in [3.8, 4) is 0 Å². The van der Waals surface area contributed by atoms with E-state index in [0.29, 0.717) is 15.6 Å². The van der Waals surface area contributed by atoms with Crippen LogP contribution in [0.1, 0.15) is 5.56 Å². The average Bonchev–Trinajstić information content (AvgIpc) is 2.39. The third kappa shape index (κ3) is 3.85. The maximum Gasteiger partial charge on any atom is 0.248 e. The van der Waals surface area contributed by atoms with Gasteiger partial charge in [-0.05, 0) is 30.3 Å². The second-order valence-corrected chi connectivity index (χ2v) is 4.64. The van der Waals surface area contributed by atoms with Gasteiger partial charge in [-0.3, -0.25) is 4.79 Å². The monoisotopic (exact) mass is 291 g/mol. The smallest absolute Gasteiger partial charge is 0.248 e. The molecule has 19 heavy (non-hydrogen) atoms. The van der Waals surface area contributed by atoms with Crippen LogP contribution >= 0.6 is 23.2 Å². The number of para-hydroxylation sites is 1. The molecular formula is C15H11Cl2NO. The van der Waals surface area contributed by atoms with Gasteiger partial charge >= 0.3 is 0 Å². The number of hydrogen-bond acceptors (Lipinski definition) is 1. The lowest BCUT2D eigenvalue weighted by molar-refractivity contribution is -0.111. The highest BCUT2D eigenvalue weighted by molar-refractivity contribution is 6.37. The minimum atomic E-state index is -0.234. The minimum Gasteiger partial charge on any atom is -0.323 e. The summed E-state index contributed by atoms with van der Waals surface area (Å²) in [5.41, 5.74) is 1.37. The molecule has 2 nitrogen and oxygen atoms in total. The Bertz CT molecular complexity index is 589. The molecule has 0 aliphatic heterocycles. The first-order valence-electron chi connectivity index (χ1n) is 5.65. The number of rotatable bonds is 3. The summed E-state index contributed by atoms with van der Waals surface area (Å²) in [5, 5.41) is 3.76. The van der Waals surface area contributed by atoms with Crippen molar-refractivity contribution >= 4 is 40.9 Å². The van der Waals surface area contributed by atoms with E-state index in [9.17, 15) is 4.79 Å². The van der Waals surface area contributed by atoms with Gasteiger partial charge in [0, 0.05) is 27.4 Å². The molecule has 0 aliphatic rings. The number of anilines is 1. The molecule has 0 saturated heterocycles. The highest BCUT2D eigenvalue weighted by Gasteiger charge is 2.02. The summed E-state index contributed by atoms with van der Waals surface area (Å²) in [5.74, 6) is -0.234. The molecule has 2 aromatic carbocycles. The van der Waals surface area contributed by atoms with Crippen LogP contribution in [0, 0.1) is 0 Å². The van der Waals surface area contributed by atoms with E-state index in [0.717, 1.165) is 5.69 Å². The lowest BCUT2D eigenvalue weighted by Gasteiger charge is -2.02. The molecule has 0 bridgehead atoms. The number of carbonyl (C=O) groups is 1. The van der Waals surface area contributed by atoms with Crippen molar-refractivity contribution < 1.29 is 4.79 Å². The van der Waals surface area contributed by atoms with Gasteiger partial charge in [-0.2, -0.15) is 0 Å². The molecule has 2 rings (SSSR count). The van der Waals surface area contributed by atoms with E-state index in [-0.39, 0.29) is 5.91 Å².